The topological polar surface area (TPSA) is 99.6 Å². The Balaban J connectivity index is 1.96. The van der Waals surface area contributed by atoms with Crippen molar-refractivity contribution in [2.24, 2.45) is 0 Å². The number of pyridine rings is 1. The molecule has 1 aromatic heterocycles. The zero-order valence-corrected chi connectivity index (χ0v) is 17.7. The molecule has 7 nitrogen and oxygen atoms in total. The number of aromatic nitrogens is 1. The predicted octanol–water partition coefficient (Wildman–Crippen LogP) is 3.65. The Kier molecular flexibility index (Phi) is 5.49. The first-order valence-corrected chi connectivity index (χ1v) is 10.2. The first-order valence-electron chi connectivity index (χ1n) is 9.09. The number of amides is 2. The largest absolute Gasteiger partial charge is 0.479 e. The highest BCUT2D eigenvalue weighted by Crippen LogP contribution is 2.37. The number of carboxylic acid groups (broad SMARTS) is 1. The maximum atomic E-state index is 13.7. The van der Waals surface area contributed by atoms with Crippen molar-refractivity contribution in [1.29, 1.82) is 0 Å². The molecule has 0 aliphatic carbocycles. The highest BCUT2D eigenvalue weighted by Gasteiger charge is 2.44. The molecule has 0 saturated carbocycles. The summed E-state index contributed by atoms with van der Waals surface area (Å²) < 4.78 is 0.789. The lowest BCUT2D eigenvalue weighted by atomic mass is 10.00. The summed E-state index contributed by atoms with van der Waals surface area (Å²) in [5, 5.41) is 12.9. The van der Waals surface area contributed by atoms with E-state index in [2.05, 4.69) is 32.9 Å². The van der Waals surface area contributed by atoms with E-state index in [1.54, 1.807) is 66.7 Å². The lowest BCUT2D eigenvalue weighted by molar-refractivity contribution is -0.144. The lowest BCUT2D eigenvalue weighted by Crippen LogP contribution is -2.44. The van der Waals surface area contributed by atoms with Crippen LogP contribution < -0.4 is 5.32 Å². The minimum atomic E-state index is -1.37. The Hall–Kier alpha value is -3.27. The molecule has 0 radical (unpaired) electrons. The van der Waals surface area contributed by atoms with Gasteiger partial charge in [0.25, 0.3) is 11.8 Å². The van der Waals surface area contributed by atoms with Crippen molar-refractivity contribution in [1.82, 2.24) is 9.88 Å². The Morgan fingerprint density at radius 3 is 2.47 bits per heavy atom. The van der Waals surface area contributed by atoms with Gasteiger partial charge in [0.2, 0.25) is 0 Å². The molecular formula is C22H16IN3O4. The molecule has 0 bridgehead atoms. The van der Waals surface area contributed by atoms with Gasteiger partial charge in [-0.3, -0.25) is 14.6 Å². The van der Waals surface area contributed by atoms with Gasteiger partial charge in [-0.1, -0.05) is 36.4 Å². The molecule has 4 rings (SSSR count). The molecule has 0 saturated heterocycles. The van der Waals surface area contributed by atoms with Crippen molar-refractivity contribution < 1.29 is 19.5 Å². The Morgan fingerprint density at radius 1 is 1.07 bits per heavy atom. The van der Waals surface area contributed by atoms with Crippen molar-refractivity contribution in [3.05, 3.63) is 93.3 Å². The summed E-state index contributed by atoms with van der Waals surface area (Å²) in [7, 11) is 0. The summed E-state index contributed by atoms with van der Waals surface area (Å²) in [6.45, 7) is 0. The van der Waals surface area contributed by atoms with Crippen LogP contribution in [0.5, 0.6) is 0 Å². The Morgan fingerprint density at radius 2 is 1.80 bits per heavy atom. The van der Waals surface area contributed by atoms with E-state index in [1.807, 2.05) is 0 Å². The van der Waals surface area contributed by atoms with Crippen molar-refractivity contribution in [2.75, 3.05) is 5.32 Å². The van der Waals surface area contributed by atoms with Gasteiger partial charge >= 0.3 is 5.97 Å². The number of nitrogens with zero attached hydrogens (tertiary/aromatic N) is 2. The third-order valence-corrected chi connectivity index (χ3v) is 5.50. The van der Waals surface area contributed by atoms with Gasteiger partial charge in [-0.25, -0.2) is 4.79 Å². The van der Waals surface area contributed by atoms with E-state index in [1.165, 1.54) is 6.20 Å². The molecule has 0 spiro atoms. The maximum absolute atomic E-state index is 13.7. The average Bonchev–Trinajstić information content (AvgIpc) is 2.84. The van der Waals surface area contributed by atoms with Crippen LogP contribution in [0, 0.1) is 3.57 Å². The van der Waals surface area contributed by atoms with Crippen molar-refractivity contribution in [3.63, 3.8) is 0 Å². The molecular weight excluding hydrogens is 497 g/mol. The summed E-state index contributed by atoms with van der Waals surface area (Å²) >= 11 is 2.07. The van der Waals surface area contributed by atoms with Crippen LogP contribution in [0.1, 0.15) is 33.7 Å². The molecule has 2 atom stereocenters. The van der Waals surface area contributed by atoms with Gasteiger partial charge < -0.3 is 15.3 Å². The number of nitrogens with one attached hydrogen (secondary N) is 1. The van der Waals surface area contributed by atoms with Crippen LogP contribution in [-0.4, -0.2) is 32.8 Å². The first-order chi connectivity index (χ1) is 14.5. The third-order valence-electron chi connectivity index (χ3n) is 4.83. The first kappa shape index (κ1) is 20.0. The van der Waals surface area contributed by atoms with E-state index >= 15 is 0 Å². The number of hydrogen-bond acceptors (Lipinski definition) is 4. The normalized spacial score (nSPS) is 17.0. The fourth-order valence-corrected chi connectivity index (χ4v) is 4.02. The van der Waals surface area contributed by atoms with E-state index in [4.69, 9.17) is 0 Å². The molecule has 2 amide bonds. The number of halogens is 1. The van der Waals surface area contributed by atoms with Gasteiger partial charge in [-0.2, -0.15) is 0 Å². The Labute approximate surface area is 185 Å². The molecule has 2 N–H and O–H groups in total. The highest BCUT2D eigenvalue weighted by atomic mass is 127. The summed E-state index contributed by atoms with van der Waals surface area (Å²) in [4.78, 5) is 44.6. The van der Waals surface area contributed by atoms with Crippen molar-refractivity contribution in [2.45, 2.75) is 12.1 Å². The number of hydrogen-bond donors (Lipinski definition) is 2. The number of anilines is 1. The molecule has 2 aromatic carbocycles. The highest BCUT2D eigenvalue weighted by molar-refractivity contribution is 14.1. The van der Waals surface area contributed by atoms with Crippen LogP contribution in [0.3, 0.4) is 0 Å². The maximum Gasteiger partial charge on any atom is 0.331 e. The number of fused-ring (bicyclic) bond motifs is 1. The zero-order valence-electron chi connectivity index (χ0n) is 15.5. The second-order valence-electron chi connectivity index (χ2n) is 6.70. The van der Waals surface area contributed by atoms with E-state index < -0.39 is 29.9 Å². The summed E-state index contributed by atoms with van der Waals surface area (Å²) in [5.41, 5.74) is 1.25. The molecule has 150 valence electrons. The zero-order chi connectivity index (χ0) is 21.3. The van der Waals surface area contributed by atoms with Crippen LogP contribution in [-0.2, 0) is 9.59 Å². The molecule has 8 heteroatoms. The number of carboxylic acids is 1. The van der Waals surface area contributed by atoms with Crippen molar-refractivity contribution >= 4 is 46.1 Å². The van der Waals surface area contributed by atoms with Gasteiger partial charge in [0.15, 0.2) is 12.1 Å². The molecule has 2 unspecified atom stereocenters. The standard InChI is InChI=1S/C22H16IN3O4/c23-14-9-10-16-15(12-14)21(28)26(18(22(29)30)13-6-2-1-3-7-13)19(20(27)25-16)17-8-4-5-11-24-17/h1-12,18-19H,(H,25,27)(H,29,30). The van der Waals surface area contributed by atoms with Crippen LogP contribution >= 0.6 is 22.6 Å². The van der Waals surface area contributed by atoms with E-state index in [9.17, 15) is 19.5 Å². The van der Waals surface area contributed by atoms with Crippen LogP contribution in [0.15, 0.2) is 72.9 Å². The lowest BCUT2D eigenvalue weighted by Gasteiger charge is -2.33. The van der Waals surface area contributed by atoms with Gasteiger partial charge in [0.05, 0.1) is 16.9 Å². The minimum Gasteiger partial charge on any atom is -0.479 e. The van der Waals surface area contributed by atoms with Gasteiger partial charge in [0, 0.05) is 9.77 Å². The van der Waals surface area contributed by atoms with Gasteiger partial charge in [0.1, 0.15) is 0 Å². The molecule has 0 fully saturated rings. The fraction of sp³-hybridized carbons (Fsp3) is 0.0909. The quantitative estimate of drug-likeness (QED) is 0.519. The molecule has 1 aliphatic heterocycles. The fourth-order valence-electron chi connectivity index (χ4n) is 3.52. The van der Waals surface area contributed by atoms with Gasteiger partial charge in [-0.05, 0) is 58.5 Å². The van der Waals surface area contributed by atoms with Crippen LogP contribution in [0.4, 0.5) is 5.69 Å². The molecule has 3 aromatic rings. The minimum absolute atomic E-state index is 0.232. The number of carbonyl (C=O) groups is 3. The molecule has 1 aliphatic rings. The molecule has 30 heavy (non-hydrogen) atoms. The second kappa shape index (κ2) is 8.23. The van der Waals surface area contributed by atoms with E-state index in [-0.39, 0.29) is 11.3 Å². The monoisotopic (exact) mass is 513 g/mol. The van der Waals surface area contributed by atoms with Gasteiger partial charge in [-0.15, -0.1) is 0 Å². The van der Waals surface area contributed by atoms with Crippen LogP contribution in [0.2, 0.25) is 0 Å². The summed E-state index contributed by atoms with van der Waals surface area (Å²) in [6.07, 6.45) is 1.50. The third kappa shape index (κ3) is 3.65. The Bertz CT molecular complexity index is 1120. The summed E-state index contributed by atoms with van der Waals surface area (Å²) in [5.74, 6) is -2.32. The predicted molar refractivity (Wildman–Crippen MR) is 118 cm³/mol. The van der Waals surface area contributed by atoms with Crippen LogP contribution in [0.25, 0.3) is 0 Å². The van der Waals surface area contributed by atoms with Crippen molar-refractivity contribution in [3.8, 4) is 0 Å². The number of rotatable bonds is 4. The smallest absolute Gasteiger partial charge is 0.331 e. The average molecular weight is 513 g/mol. The SMILES string of the molecule is O=C(O)C(c1ccccc1)N1C(=O)c2cc(I)ccc2NC(=O)C1c1ccccn1. The van der Waals surface area contributed by atoms with E-state index in [0.29, 0.717) is 11.3 Å². The van der Waals surface area contributed by atoms with E-state index in [0.717, 1.165) is 8.47 Å². The number of benzene rings is 2. The second-order valence-corrected chi connectivity index (χ2v) is 7.95. The molecule has 2 heterocycles. The number of carbonyl (C=O) groups excluding carboxylic acids is 2. The summed E-state index contributed by atoms with van der Waals surface area (Å²) in [6, 6.07) is 15.8. The number of aliphatic carboxylic acids is 1.